The van der Waals surface area contributed by atoms with E-state index < -0.39 is 0 Å². The monoisotopic (exact) mass is 166 g/mol. The Hall–Kier alpha value is 0.210. The minimum Gasteiger partial charge on any atom is -0.324 e. The van der Waals surface area contributed by atoms with Gasteiger partial charge in [0.2, 0.25) is 0 Å². The summed E-state index contributed by atoms with van der Waals surface area (Å²) < 4.78 is 0. The fourth-order valence-corrected chi connectivity index (χ4v) is 0.852. The molecule has 0 bridgehead atoms. The fraction of sp³-hybridized carbons (Fsp3) is 1.00. The van der Waals surface area contributed by atoms with Crippen LogP contribution in [0.2, 0.25) is 0 Å². The lowest BCUT2D eigenvalue weighted by molar-refractivity contribution is 0.382. The van der Waals surface area contributed by atoms with Gasteiger partial charge < -0.3 is 11.1 Å². The largest absolute Gasteiger partial charge is 0.324 e. The van der Waals surface area contributed by atoms with Gasteiger partial charge in [-0.05, 0) is 19.9 Å². The number of halogens is 1. The van der Waals surface area contributed by atoms with Crippen LogP contribution in [-0.2, 0) is 0 Å². The second-order valence-corrected chi connectivity index (χ2v) is 2.60. The van der Waals surface area contributed by atoms with Crippen LogP contribution in [0.5, 0.6) is 0 Å². The van der Waals surface area contributed by atoms with Crippen molar-refractivity contribution >= 4 is 12.4 Å². The average molecular weight is 167 g/mol. The van der Waals surface area contributed by atoms with Gasteiger partial charge in [0, 0.05) is 12.1 Å². The van der Waals surface area contributed by atoms with Gasteiger partial charge in [0.25, 0.3) is 0 Å². The van der Waals surface area contributed by atoms with Crippen LogP contribution in [0.3, 0.4) is 0 Å². The predicted molar refractivity (Wildman–Crippen MR) is 48.7 cm³/mol. The normalized spacial score (nSPS) is 10.8. The molecule has 0 saturated heterocycles. The first-order valence-electron chi connectivity index (χ1n) is 3.62. The zero-order valence-electron chi connectivity index (χ0n) is 7.11. The molecular weight excluding hydrogens is 148 g/mol. The number of nitrogens with two attached hydrogens (primary N) is 1. The average Bonchev–Trinajstić information content (AvgIpc) is 1.89. The van der Waals surface area contributed by atoms with Crippen LogP contribution in [0.4, 0.5) is 0 Å². The van der Waals surface area contributed by atoms with E-state index >= 15 is 0 Å². The lowest BCUT2D eigenvalue weighted by Crippen LogP contribution is -2.46. The van der Waals surface area contributed by atoms with Gasteiger partial charge in [-0.2, -0.15) is 0 Å². The lowest BCUT2D eigenvalue weighted by Gasteiger charge is -2.25. The molecule has 0 saturated carbocycles. The summed E-state index contributed by atoms with van der Waals surface area (Å²) in [6.07, 6.45) is 2.09. The van der Waals surface area contributed by atoms with Crippen molar-refractivity contribution in [3.63, 3.8) is 0 Å². The molecule has 0 heterocycles. The van der Waals surface area contributed by atoms with Gasteiger partial charge in [0.15, 0.2) is 0 Å². The third-order valence-corrected chi connectivity index (χ3v) is 1.94. The van der Waals surface area contributed by atoms with Gasteiger partial charge in [-0.3, -0.25) is 0 Å². The first kappa shape index (κ1) is 12.8. The van der Waals surface area contributed by atoms with Gasteiger partial charge in [-0.1, -0.05) is 13.8 Å². The van der Waals surface area contributed by atoms with Crippen LogP contribution < -0.4 is 11.1 Å². The number of hydrogen-bond donors (Lipinski definition) is 2. The highest BCUT2D eigenvalue weighted by Crippen LogP contribution is 2.08. The molecule has 10 heavy (non-hydrogen) atoms. The Morgan fingerprint density at radius 3 is 1.80 bits per heavy atom. The number of hydrogen-bond acceptors (Lipinski definition) is 2. The molecule has 0 aromatic carbocycles. The van der Waals surface area contributed by atoms with Crippen molar-refractivity contribution in [1.82, 2.24) is 5.32 Å². The van der Waals surface area contributed by atoms with Gasteiger partial charge in [0.05, 0.1) is 0 Å². The molecule has 3 N–H and O–H groups in total. The van der Waals surface area contributed by atoms with Crippen molar-refractivity contribution in [2.75, 3.05) is 13.6 Å². The van der Waals surface area contributed by atoms with Crippen LogP contribution in [0.25, 0.3) is 0 Å². The van der Waals surface area contributed by atoms with E-state index in [-0.39, 0.29) is 17.9 Å². The molecule has 3 heteroatoms. The van der Waals surface area contributed by atoms with Crippen molar-refractivity contribution in [2.45, 2.75) is 32.2 Å². The molecule has 0 aliphatic heterocycles. The minimum absolute atomic E-state index is 0. The highest BCUT2D eigenvalue weighted by Gasteiger charge is 2.17. The van der Waals surface area contributed by atoms with E-state index in [0.29, 0.717) is 0 Å². The van der Waals surface area contributed by atoms with Crippen molar-refractivity contribution < 1.29 is 0 Å². The molecule has 0 unspecified atom stereocenters. The smallest absolute Gasteiger partial charge is 0.0275 e. The van der Waals surface area contributed by atoms with Crippen molar-refractivity contribution in [3.05, 3.63) is 0 Å². The Morgan fingerprint density at radius 1 is 1.30 bits per heavy atom. The van der Waals surface area contributed by atoms with E-state index in [1.807, 2.05) is 7.05 Å². The summed E-state index contributed by atoms with van der Waals surface area (Å²) in [5.74, 6) is 0. The molecule has 64 valence electrons. The van der Waals surface area contributed by atoms with Crippen LogP contribution in [0, 0.1) is 0 Å². The first-order chi connectivity index (χ1) is 4.18. The molecule has 0 aliphatic carbocycles. The van der Waals surface area contributed by atoms with Crippen LogP contribution in [0.1, 0.15) is 26.7 Å². The van der Waals surface area contributed by atoms with E-state index in [4.69, 9.17) is 5.73 Å². The summed E-state index contributed by atoms with van der Waals surface area (Å²) in [5, 5.41) is 3.09. The molecule has 0 fully saturated rings. The predicted octanol–water partition coefficient (Wildman–Crippen LogP) is 1.15. The molecule has 0 amide bonds. The van der Waals surface area contributed by atoms with Crippen molar-refractivity contribution in [2.24, 2.45) is 5.73 Å². The molecule has 0 aromatic rings. The Balaban J connectivity index is 0. The summed E-state index contributed by atoms with van der Waals surface area (Å²) in [6.45, 7) is 5.17. The highest BCUT2D eigenvalue weighted by atomic mass is 35.5. The quantitative estimate of drug-likeness (QED) is 0.658. The SMILES string of the molecule is CCC(N)(CC)CNC.Cl. The molecule has 0 spiro atoms. The van der Waals surface area contributed by atoms with Gasteiger partial charge in [0.1, 0.15) is 0 Å². The Bertz CT molecular complexity index is 72.0. The Kier molecular flexibility index (Phi) is 7.65. The van der Waals surface area contributed by atoms with Gasteiger partial charge in [-0.25, -0.2) is 0 Å². The number of likely N-dealkylation sites (N-methyl/N-ethyl adjacent to an activating group) is 1. The standard InChI is InChI=1S/C7H18N2.ClH/c1-4-7(8,5-2)6-9-3;/h9H,4-6,8H2,1-3H3;1H. The lowest BCUT2D eigenvalue weighted by atomic mass is 9.94. The van der Waals surface area contributed by atoms with Crippen LogP contribution >= 0.6 is 12.4 Å². The summed E-state index contributed by atoms with van der Waals surface area (Å²) in [4.78, 5) is 0. The number of rotatable bonds is 4. The third-order valence-electron chi connectivity index (χ3n) is 1.94. The summed E-state index contributed by atoms with van der Waals surface area (Å²) in [5.41, 5.74) is 5.97. The molecular formula is C7H19ClN2. The van der Waals surface area contributed by atoms with Crippen LogP contribution in [0.15, 0.2) is 0 Å². The van der Waals surface area contributed by atoms with Gasteiger partial charge >= 0.3 is 0 Å². The maximum absolute atomic E-state index is 5.94. The maximum Gasteiger partial charge on any atom is 0.0275 e. The number of nitrogens with one attached hydrogen (secondary N) is 1. The molecule has 0 atom stereocenters. The van der Waals surface area contributed by atoms with Crippen molar-refractivity contribution in [3.8, 4) is 0 Å². The zero-order valence-corrected chi connectivity index (χ0v) is 7.92. The van der Waals surface area contributed by atoms with E-state index in [9.17, 15) is 0 Å². The Labute approximate surface area is 70.0 Å². The summed E-state index contributed by atoms with van der Waals surface area (Å²) >= 11 is 0. The molecule has 0 aliphatic rings. The highest BCUT2D eigenvalue weighted by molar-refractivity contribution is 5.85. The summed E-state index contributed by atoms with van der Waals surface area (Å²) in [7, 11) is 1.94. The molecule has 0 aromatic heterocycles. The van der Waals surface area contributed by atoms with E-state index in [2.05, 4.69) is 19.2 Å². The van der Waals surface area contributed by atoms with E-state index in [1.165, 1.54) is 0 Å². The Morgan fingerprint density at radius 2 is 1.70 bits per heavy atom. The molecule has 0 rings (SSSR count). The second kappa shape index (κ2) is 5.96. The minimum atomic E-state index is 0. The van der Waals surface area contributed by atoms with Crippen LogP contribution in [-0.4, -0.2) is 19.1 Å². The van der Waals surface area contributed by atoms with E-state index in [1.54, 1.807) is 0 Å². The van der Waals surface area contributed by atoms with Crippen molar-refractivity contribution in [1.29, 1.82) is 0 Å². The maximum atomic E-state index is 5.94. The van der Waals surface area contributed by atoms with E-state index in [0.717, 1.165) is 19.4 Å². The zero-order chi connectivity index (χ0) is 7.33. The topological polar surface area (TPSA) is 38.0 Å². The summed E-state index contributed by atoms with van der Waals surface area (Å²) in [6, 6.07) is 0. The second-order valence-electron chi connectivity index (χ2n) is 2.60. The molecule has 0 radical (unpaired) electrons. The third kappa shape index (κ3) is 4.09. The first-order valence-corrected chi connectivity index (χ1v) is 3.62. The molecule has 2 nitrogen and oxygen atoms in total. The fourth-order valence-electron chi connectivity index (χ4n) is 0.852. The van der Waals surface area contributed by atoms with Gasteiger partial charge in [-0.15, -0.1) is 12.4 Å².